The molecule has 1 N–H and O–H groups in total. The molecule has 0 bridgehead atoms. The van der Waals surface area contributed by atoms with E-state index < -0.39 is 17.3 Å². The van der Waals surface area contributed by atoms with Gasteiger partial charge in [-0.2, -0.15) is 13.2 Å². The zero-order valence-electron chi connectivity index (χ0n) is 10.6. The van der Waals surface area contributed by atoms with Gasteiger partial charge in [-0.3, -0.25) is 4.79 Å². The van der Waals surface area contributed by atoms with Crippen LogP contribution in [-0.2, 0) is 6.18 Å². The van der Waals surface area contributed by atoms with E-state index in [1.807, 2.05) is 6.92 Å². The second kappa shape index (κ2) is 5.10. The maximum absolute atomic E-state index is 12.4. The van der Waals surface area contributed by atoms with E-state index >= 15 is 0 Å². The topological polar surface area (TPSA) is 29.1 Å². The van der Waals surface area contributed by atoms with Gasteiger partial charge in [0.25, 0.3) is 0 Å². The van der Waals surface area contributed by atoms with Crippen molar-refractivity contribution in [3.63, 3.8) is 0 Å². The highest BCUT2D eigenvalue weighted by Crippen LogP contribution is 2.29. The van der Waals surface area contributed by atoms with Gasteiger partial charge >= 0.3 is 6.18 Å². The van der Waals surface area contributed by atoms with Gasteiger partial charge in [-0.25, -0.2) is 0 Å². The number of likely N-dealkylation sites (N-methyl/N-ethyl adjacent to an activating group) is 1. The molecule has 0 unspecified atom stereocenters. The van der Waals surface area contributed by atoms with Gasteiger partial charge in [0.05, 0.1) is 11.1 Å². The van der Waals surface area contributed by atoms with Gasteiger partial charge in [-0.1, -0.05) is 19.1 Å². The molecule has 0 heterocycles. The highest BCUT2D eigenvalue weighted by atomic mass is 19.4. The number of benzene rings is 1. The third-order valence-corrected chi connectivity index (χ3v) is 2.66. The molecule has 5 heteroatoms. The molecule has 0 aliphatic carbocycles. The Hall–Kier alpha value is -1.36. The summed E-state index contributed by atoms with van der Waals surface area (Å²) in [4.78, 5) is 12.1. The molecule has 0 aromatic heterocycles. The Labute approximate surface area is 104 Å². The Balaban J connectivity index is 2.96. The molecule has 0 atom stereocenters. The molecule has 2 nitrogen and oxygen atoms in total. The van der Waals surface area contributed by atoms with Crippen LogP contribution in [0.1, 0.15) is 36.7 Å². The molecule has 18 heavy (non-hydrogen) atoms. The number of alkyl halides is 3. The monoisotopic (exact) mass is 259 g/mol. The Morgan fingerprint density at radius 1 is 1.17 bits per heavy atom. The summed E-state index contributed by atoms with van der Waals surface area (Å²) in [5.74, 6) is -0.224. The number of rotatable bonds is 4. The van der Waals surface area contributed by atoms with Gasteiger partial charge in [0.15, 0.2) is 5.78 Å². The minimum absolute atomic E-state index is 0.224. The van der Waals surface area contributed by atoms with Gasteiger partial charge in [-0.05, 0) is 32.5 Å². The van der Waals surface area contributed by atoms with Crippen molar-refractivity contribution in [3.8, 4) is 0 Å². The highest BCUT2D eigenvalue weighted by molar-refractivity contribution is 6.02. The lowest BCUT2D eigenvalue weighted by atomic mass is 9.92. The zero-order chi connectivity index (χ0) is 14.0. The SMILES string of the molecule is CCNC(C)(C)C(=O)c1ccc(C(F)(F)F)cc1. The normalized spacial score (nSPS) is 12.6. The van der Waals surface area contributed by atoms with Crippen LogP contribution in [0, 0.1) is 0 Å². The van der Waals surface area contributed by atoms with Crippen molar-refractivity contribution < 1.29 is 18.0 Å². The summed E-state index contributed by atoms with van der Waals surface area (Å²) in [6.45, 7) is 5.88. The van der Waals surface area contributed by atoms with E-state index in [1.54, 1.807) is 13.8 Å². The van der Waals surface area contributed by atoms with Crippen molar-refractivity contribution in [3.05, 3.63) is 35.4 Å². The zero-order valence-corrected chi connectivity index (χ0v) is 10.6. The molecule has 0 radical (unpaired) electrons. The summed E-state index contributed by atoms with van der Waals surface area (Å²) in [6.07, 6.45) is -4.38. The summed E-state index contributed by atoms with van der Waals surface area (Å²) >= 11 is 0. The van der Waals surface area contributed by atoms with Crippen LogP contribution < -0.4 is 5.32 Å². The summed E-state index contributed by atoms with van der Waals surface area (Å²) < 4.78 is 37.1. The van der Waals surface area contributed by atoms with Crippen LogP contribution in [0.2, 0.25) is 0 Å². The van der Waals surface area contributed by atoms with Crippen molar-refractivity contribution in [2.24, 2.45) is 0 Å². The lowest BCUT2D eigenvalue weighted by molar-refractivity contribution is -0.137. The van der Waals surface area contributed by atoms with Gasteiger partial charge < -0.3 is 5.32 Å². The van der Waals surface area contributed by atoms with Crippen molar-refractivity contribution in [2.75, 3.05) is 6.54 Å². The average Bonchev–Trinajstić information content (AvgIpc) is 2.27. The van der Waals surface area contributed by atoms with E-state index in [2.05, 4.69) is 5.32 Å². The standard InChI is InChI=1S/C13H16F3NO/c1-4-17-12(2,3)11(18)9-5-7-10(8-6-9)13(14,15)16/h5-8,17H,4H2,1-3H3. The third-order valence-electron chi connectivity index (χ3n) is 2.66. The lowest BCUT2D eigenvalue weighted by Gasteiger charge is -2.24. The summed E-state index contributed by atoms with van der Waals surface area (Å²) in [7, 11) is 0. The number of ketones is 1. The number of nitrogens with one attached hydrogen (secondary N) is 1. The van der Waals surface area contributed by atoms with E-state index in [0.29, 0.717) is 6.54 Å². The first kappa shape index (κ1) is 14.7. The molecule has 0 fully saturated rings. The summed E-state index contributed by atoms with van der Waals surface area (Å²) in [5.41, 5.74) is -1.26. The fourth-order valence-corrected chi connectivity index (χ4v) is 1.69. The maximum Gasteiger partial charge on any atom is 0.416 e. The molecule has 1 aromatic rings. The van der Waals surface area contributed by atoms with Crippen LogP contribution in [0.25, 0.3) is 0 Å². The largest absolute Gasteiger partial charge is 0.416 e. The maximum atomic E-state index is 12.4. The van der Waals surface area contributed by atoms with Gasteiger partial charge in [-0.15, -0.1) is 0 Å². The molecule has 0 amide bonds. The first-order chi connectivity index (χ1) is 8.18. The molecule has 1 rings (SSSR count). The van der Waals surface area contributed by atoms with Crippen LogP contribution in [0.3, 0.4) is 0 Å². The highest BCUT2D eigenvalue weighted by Gasteiger charge is 2.31. The van der Waals surface area contributed by atoms with E-state index in [4.69, 9.17) is 0 Å². The van der Waals surface area contributed by atoms with Crippen LogP contribution in [0.4, 0.5) is 13.2 Å². The Kier molecular flexibility index (Phi) is 4.16. The average molecular weight is 259 g/mol. The lowest BCUT2D eigenvalue weighted by Crippen LogP contribution is -2.46. The number of halogens is 3. The molecule has 0 aliphatic rings. The van der Waals surface area contributed by atoms with Crippen LogP contribution in [-0.4, -0.2) is 17.9 Å². The minimum Gasteiger partial charge on any atom is -0.305 e. The smallest absolute Gasteiger partial charge is 0.305 e. The van der Waals surface area contributed by atoms with Crippen LogP contribution in [0.5, 0.6) is 0 Å². The molecule has 0 spiro atoms. The van der Waals surface area contributed by atoms with Crippen LogP contribution in [0.15, 0.2) is 24.3 Å². The third kappa shape index (κ3) is 3.32. The predicted octanol–water partition coefficient (Wildman–Crippen LogP) is 3.28. The number of carbonyl (C=O) groups is 1. The fraction of sp³-hybridized carbons (Fsp3) is 0.462. The van der Waals surface area contributed by atoms with Crippen LogP contribution >= 0.6 is 0 Å². The number of hydrogen-bond donors (Lipinski definition) is 1. The Morgan fingerprint density at radius 3 is 2.06 bits per heavy atom. The molecular formula is C13H16F3NO. The van der Waals surface area contributed by atoms with Gasteiger partial charge in [0, 0.05) is 5.56 Å². The Bertz CT molecular complexity index is 421. The molecule has 0 saturated carbocycles. The second-order valence-corrected chi connectivity index (χ2v) is 4.56. The van der Waals surface area contributed by atoms with Crippen molar-refractivity contribution in [2.45, 2.75) is 32.5 Å². The summed E-state index contributed by atoms with van der Waals surface area (Å²) in [6, 6.07) is 4.28. The van der Waals surface area contributed by atoms with Gasteiger partial charge in [0.2, 0.25) is 0 Å². The van der Waals surface area contributed by atoms with E-state index in [-0.39, 0.29) is 11.3 Å². The first-order valence-electron chi connectivity index (χ1n) is 5.65. The van der Waals surface area contributed by atoms with Crippen molar-refractivity contribution in [1.29, 1.82) is 0 Å². The molecule has 0 saturated heterocycles. The van der Waals surface area contributed by atoms with E-state index in [1.165, 1.54) is 12.1 Å². The molecule has 1 aromatic carbocycles. The van der Waals surface area contributed by atoms with E-state index in [9.17, 15) is 18.0 Å². The summed E-state index contributed by atoms with van der Waals surface area (Å²) in [5, 5.41) is 2.99. The van der Waals surface area contributed by atoms with Crippen molar-refractivity contribution in [1.82, 2.24) is 5.32 Å². The number of carbonyl (C=O) groups excluding carboxylic acids is 1. The predicted molar refractivity (Wildman–Crippen MR) is 63.5 cm³/mol. The molecule has 100 valence electrons. The van der Waals surface area contributed by atoms with Crippen molar-refractivity contribution >= 4 is 5.78 Å². The quantitative estimate of drug-likeness (QED) is 0.841. The van der Waals surface area contributed by atoms with E-state index in [0.717, 1.165) is 12.1 Å². The first-order valence-corrected chi connectivity index (χ1v) is 5.65. The number of hydrogen-bond acceptors (Lipinski definition) is 2. The molecular weight excluding hydrogens is 243 g/mol. The molecule has 0 aliphatic heterocycles. The second-order valence-electron chi connectivity index (χ2n) is 4.56. The number of Topliss-reactive ketones (excluding diaryl/α,β-unsaturated/α-hetero) is 1. The minimum atomic E-state index is -4.38. The Morgan fingerprint density at radius 2 is 1.67 bits per heavy atom. The fourth-order valence-electron chi connectivity index (χ4n) is 1.69. The van der Waals surface area contributed by atoms with Gasteiger partial charge in [0.1, 0.15) is 0 Å².